The van der Waals surface area contributed by atoms with E-state index in [2.05, 4.69) is 15.3 Å². The van der Waals surface area contributed by atoms with E-state index in [1.165, 1.54) is 5.56 Å². The predicted octanol–water partition coefficient (Wildman–Crippen LogP) is 2.89. The van der Waals surface area contributed by atoms with E-state index in [9.17, 15) is 0 Å². The number of rotatable bonds is 7. The Kier molecular flexibility index (Phi) is 5.26. The zero-order chi connectivity index (χ0) is 18.5. The van der Waals surface area contributed by atoms with E-state index in [0.717, 1.165) is 17.6 Å². The molecule has 3 aromatic rings. The first-order chi connectivity index (χ1) is 12.6. The number of benzene rings is 2. The summed E-state index contributed by atoms with van der Waals surface area (Å²) in [7, 11) is 4.82. The third kappa shape index (κ3) is 3.72. The van der Waals surface area contributed by atoms with E-state index in [-0.39, 0.29) is 0 Å². The molecule has 0 atom stereocenters. The first-order valence-electron chi connectivity index (χ1n) is 8.20. The van der Waals surface area contributed by atoms with Crippen molar-refractivity contribution in [1.29, 1.82) is 0 Å². The molecule has 3 N–H and O–H groups in total. The Hall–Kier alpha value is -3.22. The highest BCUT2D eigenvalue weighted by Gasteiger charge is 2.11. The van der Waals surface area contributed by atoms with Gasteiger partial charge in [0, 0.05) is 18.0 Å². The summed E-state index contributed by atoms with van der Waals surface area (Å²) in [5.74, 6) is 2.91. The number of nitrogens with two attached hydrogens (primary N) is 1. The molecule has 0 fully saturated rings. The average Bonchev–Trinajstić information content (AvgIpc) is 2.67. The second-order valence-electron chi connectivity index (χ2n) is 5.68. The minimum Gasteiger partial charge on any atom is -0.497 e. The predicted molar refractivity (Wildman–Crippen MR) is 102 cm³/mol. The Morgan fingerprint density at radius 3 is 2.27 bits per heavy atom. The van der Waals surface area contributed by atoms with Gasteiger partial charge in [-0.3, -0.25) is 0 Å². The van der Waals surface area contributed by atoms with E-state index in [1.807, 2.05) is 24.3 Å². The summed E-state index contributed by atoms with van der Waals surface area (Å²) in [5.41, 5.74) is 7.97. The molecule has 7 heteroatoms. The fourth-order valence-electron chi connectivity index (χ4n) is 2.67. The third-order valence-corrected chi connectivity index (χ3v) is 4.09. The van der Waals surface area contributed by atoms with E-state index in [4.69, 9.17) is 19.9 Å². The van der Waals surface area contributed by atoms with Gasteiger partial charge in [-0.25, -0.2) is 4.98 Å². The minimum absolute atomic E-state index is 0.392. The normalized spacial score (nSPS) is 10.6. The van der Waals surface area contributed by atoms with Crippen LogP contribution >= 0.6 is 0 Å². The van der Waals surface area contributed by atoms with Crippen LogP contribution in [0.1, 0.15) is 5.56 Å². The molecule has 0 aliphatic rings. The second-order valence-corrected chi connectivity index (χ2v) is 5.68. The van der Waals surface area contributed by atoms with E-state index in [0.29, 0.717) is 35.3 Å². The minimum atomic E-state index is 0.392. The Morgan fingerprint density at radius 2 is 1.62 bits per heavy atom. The summed E-state index contributed by atoms with van der Waals surface area (Å²) in [6.45, 7) is 0.685. The number of aromatic nitrogens is 2. The van der Waals surface area contributed by atoms with E-state index < -0.39 is 0 Å². The molecule has 0 aliphatic heterocycles. The number of nitrogen functional groups attached to an aromatic ring is 1. The molecule has 0 aliphatic carbocycles. The fraction of sp³-hybridized carbons (Fsp3) is 0.263. The van der Waals surface area contributed by atoms with Crippen molar-refractivity contribution in [2.75, 3.05) is 38.9 Å². The van der Waals surface area contributed by atoms with Crippen LogP contribution < -0.4 is 25.3 Å². The number of ether oxygens (including phenoxy) is 3. The largest absolute Gasteiger partial charge is 0.497 e. The molecule has 1 aromatic heterocycles. The molecule has 7 nitrogen and oxygen atoms in total. The van der Waals surface area contributed by atoms with Gasteiger partial charge in [0.1, 0.15) is 11.6 Å². The van der Waals surface area contributed by atoms with Gasteiger partial charge in [-0.1, -0.05) is 12.1 Å². The van der Waals surface area contributed by atoms with Crippen molar-refractivity contribution in [2.24, 2.45) is 0 Å². The van der Waals surface area contributed by atoms with Gasteiger partial charge in [0.05, 0.1) is 26.8 Å². The van der Waals surface area contributed by atoms with Gasteiger partial charge in [0.2, 0.25) is 5.95 Å². The maximum absolute atomic E-state index is 6.09. The van der Waals surface area contributed by atoms with E-state index in [1.54, 1.807) is 33.5 Å². The number of methoxy groups -OCH3 is 3. The van der Waals surface area contributed by atoms with E-state index >= 15 is 0 Å². The number of hydrogen-bond acceptors (Lipinski definition) is 7. The second kappa shape index (κ2) is 7.77. The number of nitrogens with one attached hydrogen (secondary N) is 1. The topological polar surface area (TPSA) is 91.5 Å². The third-order valence-electron chi connectivity index (χ3n) is 4.09. The van der Waals surface area contributed by atoms with Crippen molar-refractivity contribution in [2.45, 2.75) is 6.42 Å². The molecule has 0 amide bonds. The lowest BCUT2D eigenvalue weighted by Crippen LogP contribution is -2.09. The molecule has 0 radical (unpaired) electrons. The lowest BCUT2D eigenvalue weighted by molar-refractivity contribution is 0.356. The zero-order valence-corrected chi connectivity index (χ0v) is 15.1. The molecule has 2 aromatic carbocycles. The number of fused-ring (bicyclic) bond motifs is 1. The van der Waals surface area contributed by atoms with Gasteiger partial charge in [0.25, 0.3) is 0 Å². The Balaban J connectivity index is 1.75. The fourth-order valence-corrected chi connectivity index (χ4v) is 2.67. The van der Waals surface area contributed by atoms with Crippen molar-refractivity contribution in [1.82, 2.24) is 9.97 Å². The molecule has 26 heavy (non-hydrogen) atoms. The van der Waals surface area contributed by atoms with Crippen molar-refractivity contribution in [3.05, 3.63) is 42.0 Å². The van der Waals surface area contributed by atoms with Crippen LogP contribution in [0, 0.1) is 0 Å². The average molecular weight is 354 g/mol. The molecule has 0 saturated carbocycles. The van der Waals surface area contributed by atoms with Gasteiger partial charge in [-0.2, -0.15) is 4.98 Å². The summed E-state index contributed by atoms with van der Waals surface area (Å²) in [6.07, 6.45) is 0.831. The lowest BCUT2D eigenvalue weighted by atomic mass is 10.1. The smallest absolute Gasteiger partial charge is 0.225 e. The number of anilines is 2. The highest BCUT2D eigenvalue weighted by atomic mass is 16.5. The molecule has 3 rings (SSSR count). The standard InChI is InChI=1S/C19H22N4O3/c1-24-13-6-4-12(5-7-13)8-9-21-19-22-15-11-17(26-3)16(25-2)10-14(15)18(20)23-19/h4-7,10-11H,8-9H2,1-3H3,(H3,20,21,22,23). The molecule has 0 spiro atoms. The summed E-state index contributed by atoms with van der Waals surface area (Å²) >= 11 is 0. The van der Waals surface area contributed by atoms with Crippen LogP contribution in [-0.2, 0) is 6.42 Å². The monoisotopic (exact) mass is 354 g/mol. The highest BCUT2D eigenvalue weighted by Crippen LogP contribution is 2.33. The maximum Gasteiger partial charge on any atom is 0.225 e. The molecule has 1 heterocycles. The van der Waals surface area contributed by atoms with Crippen molar-refractivity contribution in [3.63, 3.8) is 0 Å². The number of hydrogen-bond donors (Lipinski definition) is 2. The summed E-state index contributed by atoms with van der Waals surface area (Å²) < 4.78 is 15.8. The molecule has 0 saturated heterocycles. The van der Waals surface area contributed by atoms with Crippen molar-refractivity contribution < 1.29 is 14.2 Å². The van der Waals surface area contributed by atoms with Crippen molar-refractivity contribution >= 4 is 22.7 Å². The zero-order valence-electron chi connectivity index (χ0n) is 15.1. The molecule has 136 valence electrons. The lowest BCUT2D eigenvalue weighted by Gasteiger charge is -2.11. The Labute approximate surface area is 152 Å². The molecular formula is C19H22N4O3. The first kappa shape index (κ1) is 17.6. The van der Waals surface area contributed by atoms with Gasteiger partial charge in [-0.05, 0) is 30.2 Å². The Morgan fingerprint density at radius 1 is 0.923 bits per heavy atom. The van der Waals surface area contributed by atoms with Crippen LogP contribution in [0.2, 0.25) is 0 Å². The van der Waals surface area contributed by atoms with Crippen LogP contribution in [0.4, 0.5) is 11.8 Å². The summed E-state index contributed by atoms with van der Waals surface area (Å²) in [5, 5.41) is 3.94. The maximum atomic E-state index is 6.09. The molecular weight excluding hydrogens is 332 g/mol. The molecule has 0 unspecified atom stereocenters. The van der Waals surface area contributed by atoms with Crippen LogP contribution in [0.3, 0.4) is 0 Å². The van der Waals surface area contributed by atoms with Gasteiger partial charge < -0.3 is 25.3 Å². The van der Waals surface area contributed by atoms with Gasteiger partial charge >= 0.3 is 0 Å². The summed E-state index contributed by atoms with van der Waals surface area (Å²) in [4.78, 5) is 8.85. The Bertz CT molecular complexity index is 897. The molecule has 0 bridgehead atoms. The van der Waals surface area contributed by atoms with Gasteiger partial charge in [-0.15, -0.1) is 0 Å². The first-order valence-corrected chi connectivity index (χ1v) is 8.20. The van der Waals surface area contributed by atoms with Crippen molar-refractivity contribution in [3.8, 4) is 17.2 Å². The highest BCUT2D eigenvalue weighted by molar-refractivity contribution is 5.91. The van der Waals surface area contributed by atoms with Crippen LogP contribution in [0.5, 0.6) is 17.2 Å². The van der Waals surface area contributed by atoms with Crippen LogP contribution in [-0.4, -0.2) is 37.8 Å². The van der Waals surface area contributed by atoms with Crippen LogP contribution in [0.25, 0.3) is 10.9 Å². The van der Waals surface area contributed by atoms with Crippen LogP contribution in [0.15, 0.2) is 36.4 Å². The van der Waals surface area contributed by atoms with Gasteiger partial charge in [0.15, 0.2) is 11.5 Å². The number of nitrogens with zero attached hydrogens (tertiary/aromatic N) is 2. The quantitative estimate of drug-likeness (QED) is 0.674. The summed E-state index contributed by atoms with van der Waals surface area (Å²) in [6, 6.07) is 11.5. The SMILES string of the molecule is COc1ccc(CCNc2nc(N)c3cc(OC)c(OC)cc3n2)cc1.